The number of piperidine rings is 1. The lowest BCUT2D eigenvalue weighted by Crippen LogP contribution is -2.51. The molecule has 1 aliphatic carbocycles. The molecule has 1 fully saturated rings. The number of likely N-dealkylation sites (tertiary alicyclic amines) is 1. The van der Waals surface area contributed by atoms with E-state index in [0.717, 1.165) is 43.9 Å². The molecule has 4 nitrogen and oxygen atoms in total. The zero-order valence-electron chi connectivity index (χ0n) is 16.4. The van der Waals surface area contributed by atoms with Gasteiger partial charge in [0.15, 0.2) is 11.5 Å². The molecule has 0 bridgehead atoms. The van der Waals surface area contributed by atoms with Crippen LogP contribution in [0.4, 0.5) is 0 Å². The number of nitrogens with two attached hydrogens (primary N) is 1. The van der Waals surface area contributed by atoms with Crippen molar-refractivity contribution in [3.63, 3.8) is 0 Å². The molecule has 0 aromatic heterocycles. The first kappa shape index (κ1) is 18.3. The van der Waals surface area contributed by atoms with Crippen molar-refractivity contribution in [3.05, 3.63) is 59.2 Å². The van der Waals surface area contributed by atoms with Crippen LogP contribution in [-0.2, 0) is 6.42 Å². The second kappa shape index (κ2) is 7.91. The van der Waals surface area contributed by atoms with Gasteiger partial charge in [-0.3, -0.25) is 4.90 Å². The van der Waals surface area contributed by atoms with Crippen molar-refractivity contribution in [3.8, 4) is 11.5 Å². The molecule has 1 aliphatic heterocycles. The van der Waals surface area contributed by atoms with Gasteiger partial charge >= 0.3 is 0 Å². The summed E-state index contributed by atoms with van der Waals surface area (Å²) in [6.07, 6.45) is 4.48. The third kappa shape index (κ3) is 3.83. The van der Waals surface area contributed by atoms with Gasteiger partial charge < -0.3 is 15.2 Å². The van der Waals surface area contributed by atoms with Gasteiger partial charge in [0.25, 0.3) is 0 Å². The zero-order valence-corrected chi connectivity index (χ0v) is 16.4. The number of hydrogen-bond donors (Lipinski definition) is 1. The van der Waals surface area contributed by atoms with E-state index in [4.69, 9.17) is 15.2 Å². The van der Waals surface area contributed by atoms with Crippen LogP contribution >= 0.6 is 0 Å². The van der Waals surface area contributed by atoms with E-state index in [1.165, 1.54) is 23.1 Å². The second-order valence-corrected chi connectivity index (χ2v) is 7.89. The van der Waals surface area contributed by atoms with Crippen molar-refractivity contribution in [1.82, 2.24) is 4.90 Å². The zero-order chi connectivity index (χ0) is 18.8. The summed E-state index contributed by atoms with van der Waals surface area (Å²) in [5, 5.41) is 0. The summed E-state index contributed by atoms with van der Waals surface area (Å²) in [5.41, 5.74) is 10.2. The summed E-state index contributed by atoms with van der Waals surface area (Å²) in [5.74, 6) is 1.61. The molecule has 0 amide bonds. The number of rotatable bonds is 4. The molecule has 1 heterocycles. The number of ether oxygens (including phenoxy) is 2. The molecule has 144 valence electrons. The van der Waals surface area contributed by atoms with Crippen molar-refractivity contribution in [2.45, 2.75) is 50.8 Å². The van der Waals surface area contributed by atoms with Crippen molar-refractivity contribution in [2.24, 2.45) is 5.73 Å². The first-order valence-corrected chi connectivity index (χ1v) is 10.0. The Labute approximate surface area is 162 Å². The molecule has 2 aromatic rings. The molecule has 27 heavy (non-hydrogen) atoms. The van der Waals surface area contributed by atoms with Crippen molar-refractivity contribution in [2.75, 3.05) is 20.2 Å². The third-order valence-corrected chi connectivity index (χ3v) is 5.95. The van der Waals surface area contributed by atoms with Crippen LogP contribution in [0.5, 0.6) is 11.5 Å². The van der Waals surface area contributed by atoms with Crippen molar-refractivity contribution in [1.29, 1.82) is 0 Å². The standard InChI is InChI=1S/C23H30N2O2/c1-16-9-12-21(26-2)22(14-16)27-23-19-8-4-3-6-17(19)10-11-20(23)25-13-5-7-18(24)15-25/h3-4,6,8-9,12,14,18,20,23H,5,7,10-11,13,15,24H2,1-2H3/t18-,20+,23+/m1/s1. The Morgan fingerprint density at radius 2 is 1.93 bits per heavy atom. The van der Waals surface area contributed by atoms with E-state index in [1.807, 2.05) is 6.07 Å². The molecule has 2 N–H and O–H groups in total. The predicted molar refractivity (Wildman–Crippen MR) is 108 cm³/mol. The smallest absolute Gasteiger partial charge is 0.162 e. The number of nitrogens with zero attached hydrogens (tertiary/aromatic N) is 1. The summed E-state index contributed by atoms with van der Waals surface area (Å²) in [6, 6.07) is 15.4. The van der Waals surface area contributed by atoms with Gasteiger partial charge in [-0.15, -0.1) is 0 Å². The van der Waals surface area contributed by atoms with Gasteiger partial charge in [-0.1, -0.05) is 30.3 Å². The Morgan fingerprint density at radius 3 is 2.74 bits per heavy atom. The summed E-state index contributed by atoms with van der Waals surface area (Å²) in [6.45, 7) is 4.14. The highest BCUT2D eigenvalue weighted by Gasteiger charge is 2.37. The van der Waals surface area contributed by atoms with E-state index in [0.29, 0.717) is 6.04 Å². The van der Waals surface area contributed by atoms with Gasteiger partial charge in [-0.2, -0.15) is 0 Å². The largest absolute Gasteiger partial charge is 0.493 e. The molecular weight excluding hydrogens is 336 g/mol. The molecule has 3 atom stereocenters. The van der Waals surface area contributed by atoms with E-state index in [-0.39, 0.29) is 12.1 Å². The first-order valence-electron chi connectivity index (χ1n) is 10.0. The van der Waals surface area contributed by atoms with Crippen LogP contribution in [0.2, 0.25) is 0 Å². The average Bonchev–Trinajstić information content (AvgIpc) is 2.68. The quantitative estimate of drug-likeness (QED) is 0.893. The lowest BCUT2D eigenvalue weighted by atomic mass is 9.84. The maximum absolute atomic E-state index is 6.68. The summed E-state index contributed by atoms with van der Waals surface area (Å²) < 4.78 is 12.2. The Balaban J connectivity index is 1.69. The molecule has 0 unspecified atom stereocenters. The Kier molecular flexibility index (Phi) is 5.37. The van der Waals surface area contributed by atoms with Crippen LogP contribution in [0.25, 0.3) is 0 Å². The van der Waals surface area contributed by atoms with Crippen LogP contribution in [0, 0.1) is 6.92 Å². The molecule has 2 aliphatic rings. The minimum atomic E-state index is -0.00375. The minimum Gasteiger partial charge on any atom is -0.493 e. The summed E-state index contributed by atoms with van der Waals surface area (Å²) in [7, 11) is 1.70. The number of hydrogen-bond acceptors (Lipinski definition) is 4. The normalized spacial score (nSPS) is 25.7. The van der Waals surface area contributed by atoms with E-state index in [1.54, 1.807) is 7.11 Å². The third-order valence-electron chi connectivity index (χ3n) is 5.95. The van der Waals surface area contributed by atoms with Crippen LogP contribution < -0.4 is 15.2 Å². The molecule has 2 aromatic carbocycles. The van der Waals surface area contributed by atoms with Gasteiger partial charge in [0.2, 0.25) is 0 Å². The molecule has 4 rings (SSSR count). The fraction of sp³-hybridized carbons (Fsp3) is 0.478. The highest BCUT2D eigenvalue weighted by Crippen LogP contribution is 2.40. The first-order chi connectivity index (χ1) is 13.2. The predicted octanol–water partition coefficient (Wildman–Crippen LogP) is 3.86. The summed E-state index contributed by atoms with van der Waals surface area (Å²) >= 11 is 0. The lowest BCUT2D eigenvalue weighted by Gasteiger charge is -2.43. The van der Waals surface area contributed by atoms with Crippen LogP contribution in [0.3, 0.4) is 0 Å². The number of methoxy groups -OCH3 is 1. The van der Waals surface area contributed by atoms with Gasteiger partial charge in [0, 0.05) is 12.6 Å². The molecular formula is C23H30N2O2. The molecule has 0 radical (unpaired) electrons. The van der Waals surface area contributed by atoms with Gasteiger partial charge in [-0.05, 0) is 68.0 Å². The van der Waals surface area contributed by atoms with Crippen molar-refractivity contribution >= 4 is 0 Å². The fourth-order valence-corrected chi connectivity index (χ4v) is 4.57. The molecule has 0 saturated carbocycles. The Hall–Kier alpha value is -2.04. The maximum atomic E-state index is 6.68. The van der Waals surface area contributed by atoms with E-state index < -0.39 is 0 Å². The minimum absolute atomic E-state index is 0.00375. The lowest BCUT2D eigenvalue weighted by molar-refractivity contribution is 0.0353. The number of benzene rings is 2. The highest BCUT2D eigenvalue weighted by molar-refractivity contribution is 5.44. The van der Waals surface area contributed by atoms with Crippen LogP contribution in [-0.4, -0.2) is 37.2 Å². The van der Waals surface area contributed by atoms with E-state index in [2.05, 4.69) is 48.2 Å². The Bertz CT molecular complexity index is 792. The van der Waals surface area contributed by atoms with Crippen LogP contribution in [0.1, 0.15) is 42.1 Å². The van der Waals surface area contributed by atoms with Gasteiger partial charge in [0.1, 0.15) is 6.10 Å². The molecule has 0 spiro atoms. The van der Waals surface area contributed by atoms with Gasteiger partial charge in [-0.25, -0.2) is 0 Å². The fourth-order valence-electron chi connectivity index (χ4n) is 4.57. The molecule has 1 saturated heterocycles. The second-order valence-electron chi connectivity index (χ2n) is 7.89. The monoisotopic (exact) mass is 366 g/mol. The van der Waals surface area contributed by atoms with Crippen LogP contribution in [0.15, 0.2) is 42.5 Å². The topological polar surface area (TPSA) is 47.7 Å². The Morgan fingerprint density at radius 1 is 1.07 bits per heavy atom. The summed E-state index contributed by atoms with van der Waals surface area (Å²) in [4.78, 5) is 2.55. The van der Waals surface area contributed by atoms with E-state index in [9.17, 15) is 0 Å². The van der Waals surface area contributed by atoms with Crippen molar-refractivity contribution < 1.29 is 9.47 Å². The van der Waals surface area contributed by atoms with E-state index >= 15 is 0 Å². The highest BCUT2D eigenvalue weighted by atomic mass is 16.5. The number of fused-ring (bicyclic) bond motifs is 1. The maximum Gasteiger partial charge on any atom is 0.162 e. The van der Waals surface area contributed by atoms with Gasteiger partial charge in [0.05, 0.1) is 13.2 Å². The molecule has 4 heteroatoms. The number of aryl methyl sites for hydroxylation is 2. The SMILES string of the molecule is COc1ccc(C)cc1O[C@H]1c2ccccc2CC[C@@H]1N1CCC[C@@H](N)C1. The average molecular weight is 367 g/mol.